The summed E-state index contributed by atoms with van der Waals surface area (Å²) in [5.41, 5.74) is 9.57. The molecule has 0 fully saturated rings. The summed E-state index contributed by atoms with van der Waals surface area (Å²) in [7, 11) is 0. The van der Waals surface area contributed by atoms with Gasteiger partial charge in [0, 0.05) is 16.2 Å². The van der Waals surface area contributed by atoms with Gasteiger partial charge < -0.3 is 5.73 Å². The fourth-order valence-electron chi connectivity index (χ4n) is 3.17. The van der Waals surface area contributed by atoms with Crippen molar-refractivity contribution in [2.24, 2.45) is 5.73 Å². The first kappa shape index (κ1) is 13.3. The molecule has 0 aromatic heterocycles. The highest BCUT2D eigenvalue weighted by Gasteiger charge is 2.28. The van der Waals surface area contributed by atoms with Crippen LogP contribution in [0.4, 0.5) is 0 Å². The van der Waals surface area contributed by atoms with Gasteiger partial charge in [-0.3, -0.25) is 0 Å². The number of fused-ring (bicyclic) bond motifs is 1. The van der Waals surface area contributed by atoms with Gasteiger partial charge in [-0.05, 0) is 43.7 Å². The number of thioether (sulfide) groups is 1. The van der Waals surface area contributed by atoms with Crippen molar-refractivity contribution in [1.29, 1.82) is 0 Å². The first-order valence-electron chi connectivity index (χ1n) is 7.53. The fraction of sp³-hybridized carbons (Fsp3) is 0.529. The summed E-state index contributed by atoms with van der Waals surface area (Å²) in [5, 5.41) is 0.545. The largest absolute Gasteiger partial charge is 0.323 e. The van der Waals surface area contributed by atoms with Gasteiger partial charge in [0.15, 0.2) is 0 Å². The Morgan fingerprint density at radius 3 is 2.84 bits per heavy atom. The normalized spacial score (nSPS) is 27.8. The molecule has 0 bridgehead atoms. The molecule has 3 rings (SSSR count). The average molecular weight is 273 g/mol. The van der Waals surface area contributed by atoms with Crippen molar-refractivity contribution in [3.63, 3.8) is 0 Å². The Morgan fingerprint density at radius 1 is 1.11 bits per heavy atom. The molecule has 0 saturated heterocycles. The van der Waals surface area contributed by atoms with Crippen molar-refractivity contribution in [1.82, 2.24) is 0 Å². The van der Waals surface area contributed by atoms with E-state index >= 15 is 0 Å². The first-order chi connectivity index (χ1) is 9.34. The Morgan fingerprint density at radius 2 is 1.95 bits per heavy atom. The number of hydrogen-bond donors (Lipinski definition) is 1. The van der Waals surface area contributed by atoms with E-state index in [2.05, 4.69) is 30.3 Å². The van der Waals surface area contributed by atoms with Gasteiger partial charge in [0.2, 0.25) is 0 Å². The molecule has 0 amide bonds. The standard InChI is InChI=1S/C17H23NS/c18-17(13-8-4-2-1-3-5-9-13)16-12-14-10-6-7-11-15(14)19-16/h6-8,10-11,16-17H,1-5,9,12,18H2/b13-8+. The van der Waals surface area contributed by atoms with E-state index in [1.165, 1.54) is 54.6 Å². The predicted molar refractivity (Wildman–Crippen MR) is 83.6 cm³/mol. The summed E-state index contributed by atoms with van der Waals surface area (Å²) in [6.07, 6.45) is 11.5. The topological polar surface area (TPSA) is 26.0 Å². The molecule has 0 saturated carbocycles. The second kappa shape index (κ2) is 6.15. The maximum Gasteiger partial charge on any atom is 0.0381 e. The highest BCUT2D eigenvalue weighted by molar-refractivity contribution is 8.00. The van der Waals surface area contributed by atoms with E-state index in [-0.39, 0.29) is 6.04 Å². The second-order valence-electron chi connectivity index (χ2n) is 5.73. The SMILES string of the molecule is NC(/C1=C/CCCCCC1)C1Cc2ccccc2S1. The number of allylic oxidation sites excluding steroid dienone is 1. The highest BCUT2D eigenvalue weighted by atomic mass is 32.2. The second-order valence-corrected chi connectivity index (χ2v) is 7.01. The number of hydrogen-bond acceptors (Lipinski definition) is 2. The quantitative estimate of drug-likeness (QED) is 0.813. The van der Waals surface area contributed by atoms with Crippen LogP contribution < -0.4 is 5.73 Å². The van der Waals surface area contributed by atoms with Gasteiger partial charge in [-0.15, -0.1) is 11.8 Å². The van der Waals surface area contributed by atoms with Gasteiger partial charge >= 0.3 is 0 Å². The van der Waals surface area contributed by atoms with Crippen molar-refractivity contribution in [2.75, 3.05) is 0 Å². The van der Waals surface area contributed by atoms with E-state index in [1.54, 1.807) is 0 Å². The van der Waals surface area contributed by atoms with Crippen LogP contribution in [0, 0.1) is 0 Å². The molecule has 19 heavy (non-hydrogen) atoms. The summed E-state index contributed by atoms with van der Waals surface area (Å²) in [4.78, 5) is 1.44. The molecule has 0 radical (unpaired) electrons. The lowest BCUT2D eigenvalue weighted by atomic mass is 9.92. The third-order valence-electron chi connectivity index (χ3n) is 4.33. The molecule has 2 unspecified atom stereocenters. The van der Waals surface area contributed by atoms with Gasteiger partial charge in [0.25, 0.3) is 0 Å². The van der Waals surface area contributed by atoms with Gasteiger partial charge in [0.1, 0.15) is 0 Å². The molecule has 1 aliphatic heterocycles. The Labute approximate surface area is 120 Å². The zero-order valence-corrected chi connectivity index (χ0v) is 12.3. The van der Waals surface area contributed by atoms with Crippen LogP contribution in [0.25, 0.3) is 0 Å². The zero-order valence-electron chi connectivity index (χ0n) is 11.5. The number of benzene rings is 1. The lowest BCUT2D eigenvalue weighted by Crippen LogP contribution is -2.34. The number of nitrogens with two attached hydrogens (primary N) is 1. The fourth-order valence-corrected chi connectivity index (χ4v) is 4.54. The summed E-state index contributed by atoms with van der Waals surface area (Å²) < 4.78 is 0. The Balaban J connectivity index is 1.70. The van der Waals surface area contributed by atoms with Crippen molar-refractivity contribution in [2.45, 2.75) is 61.1 Å². The van der Waals surface area contributed by atoms with Gasteiger partial charge in [-0.2, -0.15) is 0 Å². The molecule has 2 aliphatic rings. The van der Waals surface area contributed by atoms with Crippen LogP contribution in [0.5, 0.6) is 0 Å². The Kier molecular flexibility index (Phi) is 4.29. The summed E-state index contributed by atoms with van der Waals surface area (Å²) >= 11 is 1.98. The predicted octanol–water partition coefficient (Wildman–Crippen LogP) is 4.31. The minimum absolute atomic E-state index is 0.246. The van der Waals surface area contributed by atoms with E-state index in [4.69, 9.17) is 5.73 Å². The third kappa shape index (κ3) is 3.06. The van der Waals surface area contributed by atoms with Crippen LogP contribution in [0.15, 0.2) is 40.8 Å². The summed E-state index contributed by atoms with van der Waals surface area (Å²) in [5.74, 6) is 0. The van der Waals surface area contributed by atoms with E-state index < -0.39 is 0 Å². The smallest absolute Gasteiger partial charge is 0.0381 e. The minimum atomic E-state index is 0.246. The molecule has 2 heteroatoms. The van der Waals surface area contributed by atoms with Crippen LogP contribution in [0.2, 0.25) is 0 Å². The van der Waals surface area contributed by atoms with Crippen LogP contribution in [0.3, 0.4) is 0 Å². The highest BCUT2D eigenvalue weighted by Crippen LogP contribution is 2.39. The van der Waals surface area contributed by atoms with Crippen LogP contribution in [-0.2, 0) is 6.42 Å². The maximum atomic E-state index is 6.56. The molecule has 1 aromatic rings. The molecule has 0 spiro atoms. The molecular weight excluding hydrogens is 250 g/mol. The van der Waals surface area contributed by atoms with Crippen molar-refractivity contribution in [3.05, 3.63) is 41.5 Å². The minimum Gasteiger partial charge on any atom is -0.323 e. The molecule has 1 nitrogen and oxygen atoms in total. The summed E-state index contributed by atoms with van der Waals surface area (Å²) in [6.45, 7) is 0. The average Bonchev–Trinajstić information content (AvgIpc) is 2.81. The van der Waals surface area contributed by atoms with E-state index in [0.29, 0.717) is 5.25 Å². The van der Waals surface area contributed by atoms with E-state index in [0.717, 1.165) is 6.42 Å². The van der Waals surface area contributed by atoms with E-state index in [1.807, 2.05) is 11.8 Å². The van der Waals surface area contributed by atoms with Crippen molar-refractivity contribution >= 4 is 11.8 Å². The van der Waals surface area contributed by atoms with Crippen LogP contribution in [0.1, 0.15) is 44.1 Å². The Hall–Kier alpha value is -0.730. The molecule has 2 atom stereocenters. The summed E-state index contributed by atoms with van der Waals surface area (Å²) in [6, 6.07) is 9.01. The van der Waals surface area contributed by atoms with Gasteiger partial charge in [-0.1, -0.05) is 42.7 Å². The maximum absolute atomic E-state index is 6.56. The molecule has 1 aliphatic carbocycles. The van der Waals surface area contributed by atoms with Crippen molar-refractivity contribution in [3.8, 4) is 0 Å². The molecule has 102 valence electrons. The van der Waals surface area contributed by atoms with E-state index in [9.17, 15) is 0 Å². The van der Waals surface area contributed by atoms with Gasteiger partial charge in [-0.25, -0.2) is 0 Å². The van der Waals surface area contributed by atoms with Crippen molar-refractivity contribution < 1.29 is 0 Å². The van der Waals surface area contributed by atoms with Gasteiger partial charge in [0.05, 0.1) is 0 Å². The zero-order chi connectivity index (χ0) is 13.1. The first-order valence-corrected chi connectivity index (χ1v) is 8.41. The molecule has 2 N–H and O–H groups in total. The number of rotatable bonds is 2. The Bertz CT molecular complexity index is 441. The monoisotopic (exact) mass is 273 g/mol. The molecular formula is C17H23NS. The molecule has 1 heterocycles. The molecule has 1 aromatic carbocycles. The lowest BCUT2D eigenvalue weighted by molar-refractivity contribution is 0.588. The van der Waals surface area contributed by atoms with Crippen LogP contribution >= 0.6 is 11.8 Å². The third-order valence-corrected chi connectivity index (χ3v) is 5.74. The lowest BCUT2D eigenvalue weighted by Gasteiger charge is -2.23. The van der Waals surface area contributed by atoms with Crippen LogP contribution in [-0.4, -0.2) is 11.3 Å².